The summed E-state index contributed by atoms with van der Waals surface area (Å²) in [5, 5.41) is 7.37. The first-order chi connectivity index (χ1) is 13.6. The second kappa shape index (κ2) is 8.37. The van der Waals surface area contributed by atoms with Crippen LogP contribution in [0.4, 0.5) is 4.79 Å². The van der Waals surface area contributed by atoms with Crippen LogP contribution in [0.15, 0.2) is 35.0 Å². The molecule has 4 nitrogen and oxygen atoms in total. The predicted octanol–water partition coefficient (Wildman–Crippen LogP) is 5.79. The standard InChI is InChI=1S/C22H28N2O2S2/c1-14-19(17-10-6-12-27-17)24(22(26)23-16-8-4-3-5-9-16)20(15(2)21(14)25)18-11-7-13-28-18/h6-7,10-16,19-20H,3-5,8-9H2,1-2H3,(H,23,26). The van der Waals surface area contributed by atoms with E-state index in [9.17, 15) is 9.59 Å². The fourth-order valence-corrected chi connectivity index (χ4v) is 6.67. The molecule has 4 unspecified atom stereocenters. The molecule has 2 aliphatic rings. The Bertz CT molecular complexity index is 746. The molecule has 1 aliphatic carbocycles. The lowest BCUT2D eigenvalue weighted by atomic mass is 9.77. The van der Waals surface area contributed by atoms with Gasteiger partial charge < -0.3 is 10.2 Å². The number of nitrogens with zero attached hydrogens (tertiary/aromatic N) is 1. The van der Waals surface area contributed by atoms with E-state index in [0.29, 0.717) is 0 Å². The van der Waals surface area contributed by atoms with Gasteiger partial charge in [0, 0.05) is 27.6 Å². The molecule has 0 spiro atoms. The predicted molar refractivity (Wildman–Crippen MR) is 115 cm³/mol. The van der Waals surface area contributed by atoms with Gasteiger partial charge in [0.05, 0.1) is 12.1 Å². The van der Waals surface area contributed by atoms with Gasteiger partial charge in [-0.2, -0.15) is 0 Å². The molecule has 3 heterocycles. The molecule has 2 aromatic rings. The number of carbonyl (C=O) groups is 2. The number of carbonyl (C=O) groups excluding carboxylic acids is 2. The van der Waals surface area contributed by atoms with Crippen LogP contribution in [0.5, 0.6) is 0 Å². The first kappa shape index (κ1) is 19.6. The topological polar surface area (TPSA) is 49.4 Å². The number of nitrogens with one attached hydrogen (secondary N) is 1. The summed E-state index contributed by atoms with van der Waals surface area (Å²) in [4.78, 5) is 30.9. The van der Waals surface area contributed by atoms with Crippen LogP contribution in [0, 0.1) is 11.8 Å². The zero-order chi connectivity index (χ0) is 19.7. The fraction of sp³-hybridized carbons (Fsp3) is 0.545. The highest BCUT2D eigenvalue weighted by Gasteiger charge is 2.49. The van der Waals surface area contributed by atoms with Crippen LogP contribution < -0.4 is 5.32 Å². The summed E-state index contributed by atoms with van der Waals surface area (Å²) in [6.45, 7) is 3.96. The third-order valence-electron chi connectivity index (χ3n) is 6.28. The summed E-state index contributed by atoms with van der Waals surface area (Å²) in [6, 6.07) is 7.94. The molecule has 2 amide bonds. The molecule has 1 saturated carbocycles. The Labute approximate surface area is 174 Å². The molecule has 1 saturated heterocycles. The number of likely N-dealkylation sites (tertiary alicyclic amines) is 1. The van der Waals surface area contributed by atoms with Gasteiger partial charge in [0.1, 0.15) is 5.78 Å². The van der Waals surface area contributed by atoms with E-state index in [0.717, 1.165) is 22.6 Å². The van der Waals surface area contributed by atoms with Crippen molar-refractivity contribution < 1.29 is 9.59 Å². The summed E-state index contributed by atoms with van der Waals surface area (Å²) in [7, 11) is 0. The minimum Gasteiger partial charge on any atom is -0.335 e. The second-order valence-electron chi connectivity index (χ2n) is 8.09. The Morgan fingerprint density at radius 3 is 1.96 bits per heavy atom. The highest BCUT2D eigenvalue weighted by molar-refractivity contribution is 7.10. The molecular formula is C22H28N2O2S2. The van der Waals surface area contributed by atoms with E-state index in [4.69, 9.17) is 0 Å². The molecule has 0 aromatic carbocycles. The van der Waals surface area contributed by atoms with Crippen molar-refractivity contribution in [2.24, 2.45) is 11.8 Å². The molecule has 6 heteroatoms. The van der Waals surface area contributed by atoms with Crippen LogP contribution in [-0.2, 0) is 4.79 Å². The number of hydrogen-bond donors (Lipinski definition) is 1. The first-order valence-corrected chi connectivity index (χ1v) is 12.0. The third-order valence-corrected chi connectivity index (χ3v) is 8.17. The van der Waals surface area contributed by atoms with Crippen LogP contribution in [0.1, 0.15) is 67.8 Å². The van der Waals surface area contributed by atoms with Gasteiger partial charge in [0.25, 0.3) is 0 Å². The van der Waals surface area contributed by atoms with Crippen molar-refractivity contribution in [3.05, 3.63) is 44.8 Å². The maximum atomic E-state index is 13.6. The third kappa shape index (κ3) is 3.64. The van der Waals surface area contributed by atoms with Gasteiger partial charge in [-0.15, -0.1) is 22.7 Å². The Morgan fingerprint density at radius 2 is 1.50 bits per heavy atom. The van der Waals surface area contributed by atoms with Crippen LogP contribution in [0.3, 0.4) is 0 Å². The molecule has 1 N–H and O–H groups in total. The van der Waals surface area contributed by atoms with Gasteiger partial charge in [-0.05, 0) is 35.7 Å². The van der Waals surface area contributed by atoms with Crippen molar-refractivity contribution in [3.63, 3.8) is 0 Å². The van der Waals surface area contributed by atoms with Gasteiger partial charge in [-0.25, -0.2) is 4.79 Å². The Hall–Kier alpha value is -1.66. The molecule has 0 bridgehead atoms. The number of urea groups is 1. The number of hydrogen-bond acceptors (Lipinski definition) is 4. The SMILES string of the molecule is CC1C(=O)C(C)C(c2cccs2)N(C(=O)NC2CCCCC2)C1c1cccs1. The van der Waals surface area contributed by atoms with E-state index < -0.39 is 0 Å². The number of thiophene rings is 2. The van der Waals surface area contributed by atoms with E-state index in [1.54, 1.807) is 22.7 Å². The largest absolute Gasteiger partial charge is 0.335 e. The molecule has 2 aromatic heterocycles. The summed E-state index contributed by atoms with van der Waals surface area (Å²) >= 11 is 3.26. The number of Topliss-reactive ketones (excluding diaryl/α,β-unsaturated/α-hetero) is 1. The smallest absolute Gasteiger partial charge is 0.318 e. The lowest BCUT2D eigenvalue weighted by Gasteiger charge is -2.47. The molecular weight excluding hydrogens is 388 g/mol. The Morgan fingerprint density at radius 1 is 0.964 bits per heavy atom. The van der Waals surface area contributed by atoms with Crippen molar-refractivity contribution >= 4 is 34.5 Å². The van der Waals surface area contributed by atoms with Gasteiger partial charge in [0.2, 0.25) is 0 Å². The van der Waals surface area contributed by atoms with E-state index in [2.05, 4.69) is 17.4 Å². The highest BCUT2D eigenvalue weighted by atomic mass is 32.1. The first-order valence-electron chi connectivity index (χ1n) is 10.3. The number of amides is 2. The second-order valence-corrected chi connectivity index (χ2v) is 10.1. The average molecular weight is 417 g/mol. The molecule has 4 rings (SSSR count). The number of ketones is 1. The van der Waals surface area contributed by atoms with E-state index in [1.807, 2.05) is 41.6 Å². The molecule has 0 radical (unpaired) electrons. The molecule has 28 heavy (non-hydrogen) atoms. The Kier molecular flexibility index (Phi) is 5.88. The molecule has 2 fully saturated rings. The quantitative estimate of drug-likeness (QED) is 0.688. The maximum absolute atomic E-state index is 13.6. The van der Waals surface area contributed by atoms with Crippen molar-refractivity contribution in [2.75, 3.05) is 0 Å². The van der Waals surface area contributed by atoms with Gasteiger partial charge >= 0.3 is 6.03 Å². The summed E-state index contributed by atoms with van der Waals surface area (Å²) < 4.78 is 0. The van der Waals surface area contributed by atoms with E-state index in [1.165, 1.54) is 19.3 Å². The van der Waals surface area contributed by atoms with Crippen LogP contribution in [0.25, 0.3) is 0 Å². The number of piperidine rings is 1. The number of rotatable bonds is 3. The van der Waals surface area contributed by atoms with Crippen molar-refractivity contribution in [3.8, 4) is 0 Å². The summed E-state index contributed by atoms with van der Waals surface area (Å²) in [6.07, 6.45) is 5.72. The zero-order valence-electron chi connectivity index (χ0n) is 16.5. The lowest BCUT2D eigenvalue weighted by Crippen LogP contribution is -2.55. The average Bonchev–Trinajstić information content (AvgIpc) is 3.41. The lowest BCUT2D eigenvalue weighted by molar-refractivity contribution is -0.135. The molecule has 4 atom stereocenters. The normalized spacial score (nSPS) is 29.1. The van der Waals surface area contributed by atoms with Crippen LogP contribution >= 0.6 is 22.7 Å². The minimum atomic E-state index is -0.209. The molecule has 1 aliphatic heterocycles. The van der Waals surface area contributed by atoms with Crippen molar-refractivity contribution in [1.82, 2.24) is 10.2 Å². The van der Waals surface area contributed by atoms with E-state index >= 15 is 0 Å². The summed E-state index contributed by atoms with van der Waals surface area (Å²) in [5.74, 6) is -0.164. The van der Waals surface area contributed by atoms with E-state index in [-0.39, 0.29) is 41.8 Å². The van der Waals surface area contributed by atoms with Crippen molar-refractivity contribution in [1.29, 1.82) is 0 Å². The van der Waals surface area contributed by atoms with Crippen molar-refractivity contribution in [2.45, 2.75) is 64.1 Å². The van der Waals surface area contributed by atoms with Gasteiger partial charge in [-0.3, -0.25) is 4.79 Å². The summed E-state index contributed by atoms with van der Waals surface area (Å²) in [5.41, 5.74) is 0. The zero-order valence-corrected chi connectivity index (χ0v) is 18.1. The van der Waals surface area contributed by atoms with Crippen LogP contribution in [0.2, 0.25) is 0 Å². The minimum absolute atomic E-state index is 0.0186. The van der Waals surface area contributed by atoms with Crippen LogP contribution in [-0.4, -0.2) is 22.8 Å². The van der Waals surface area contributed by atoms with Gasteiger partial charge in [0.15, 0.2) is 0 Å². The highest BCUT2D eigenvalue weighted by Crippen LogP contribution is 2.48. The van der Waals surface area contributed by atoms with Gasteiger partial charge in [-0.1, -0.05) is 45.2 Å². The monoisotopic (exact) mass is 416 g/mol. The maximum Gasteiger partial charge on any atom is 0.318 e. The molecule has 150 valence electrons. The Balaban J connectivity index is 1.72. The fourth-order valence-electron chi connectivity index (χ4n) is 4.82.